The Hall–Kier alpha value is -1.58. The summed E-state index contributed by atoms with van der Waals surface area (Å²) in [6.45, 7) is 0.609. The molecule has 0 unspecified atom stereocenters. The second kappa shape index (κ2) is 8.90. The maximum absolute atomic E-state index is 12.8. The van der Waals surface area contributed by atoms with Gasteiger partial charge in [0.25, 0.3) is 0 Å². The first kappa shape index (κ1) is 17.8. The zero-order valence-electron chi connectivity index (χ0n) is 12.6. The number of carbonyl (C=O) groups excluding carboxylic acids is 1. The fraction of sp³-hybridized carbons (Fsp3) is 0.278. The maximum atomic E-state index is 12.8. The maximum Gasteiger partial charge on any atom is 0.220 e. The molecule has 1 N–H and O–H groups in total. The van der Waals surface area contributed by atoms with Gasteiger partial charge in [-0.2, -0.15) is 0 Å². The van der Waals surface area contributed by atoms with Gasteiger partial charge in [-0.15, -0.1) is 0 Å². The number of benzene rings is 2. The van der Waals surface area contributed by atoms with E-state index in [1.165, 1.54) is 12.1 Å². The van der Waals surface area contributed by atoms with Crippen LogP contribution in [0.5, 0.6) is 0 Å². The molecule has 0 saturated heterocycles. The van der Waals surface area contributed by atoms with Crippen LogP contribution in [0.15, 0.2) is 42.5 Å². The lowest BCUT2D eigenvalue weighted by atomic mass is 10.1. The number of halogens is 3. The van der Waals surface area contributed by atoms with Gasteiger partial charge in [0.15, 0.2) is 0 Å². The molecule has 0 bridgehead atoms. The largest absolute Gasteiger partial charge is 0.356 e. The Morgan fingerprint density at radius 1 is 0.957 bits per heavy atom. The van der Waals surface area contributed by atoms with Gasteiger partial charge >= 0.3 is 0 Å². The van der Waals surface area contributed by atoms with Crippen molar-refractivity contribution in [3.8, 4) is 0 Å². The first-order valence-electron chi connectivity index (χ1n) is 7.49. The van der Waals surface area contributed by atoms with Crippen LogP contribution in [0.2, 0.25) is 10.0 Å². The molecule has 0 heterocycles. The molecule has 23 heavy (non-hydrogen) atoms. The molecule has 5 heteroatoms. The molecule has 0 atom stereocenters. The standard InChI is InChI=1S/C18H18Cl2FNO/c19-16-9-5-14(12-17(16)20)6-10-18(23)22-11-1-2-13-3-7-15(21)8-4-13/h3-5,7-9,12H,1-2,6,10-11H2,(H,22,23). The lowest BCUT2D eigenvalue weighted by Gasteiger charge is -2.06. The van der Waals surface area contributed by atoms with Crippen molar-refractivity contribution < 1.29 is 9.18 Å². The predicted molar refractivity (Wildman–Crippen MR) is 92.5 cm³/mol. The molecule has 0 aliphatic heterocycles. The van der Waals surface area contributed by atoms with E-state index in [0.717, 1.165) is 24.0 Å². The minimum atomic E-state index is -0.232. The third-order valence-electron chi connectivity index (χ3n) is 3.50. The molecule has 0 saturated carbocycles. The Morgan fingerprint density at radius 2 is 1.65 bits per heavy atom. The van der Waals surface area contributed by atoms with Crippen LogP contribution in [0.4, 0.5) is 4.39 Å². The second-order valence-electron chi connectivity index (χ2n) is 5.33. The number of aryl methyl sites for hydroxylation is 2. The number of rotatable bonds is 7. The molecular formula is C18H18Cl2FNO. The first-order chi connectivity index (χ1) is 11.0. The zero-order chi connectivity index (χ0) is 16.7. The lowest BCUT2D eigenvalue weighted by molar-refractivity contribution is -0.121. The molecule has 2 aromatic rings. The third kappa shape index (κ3) is 6.20. The first-order valence-corrected chi connectivity index (χ1v) is 8.25. The van der Waals surface area contributed by atoms with E-state index >= 15 is 0 Å². The van der Waals surface area contributed by atoms with E-state index in [4.69, 9.17) is 23.2 Å². The SMILES string of the molecule is O=C(CCc1ccc(Cl)c(Cl)c1)NCCCc1ccc(F)cc1. The van der Waals surface area contributed by atoms with E-state index in [0.29, 0.717) is 29.4 Å². The van der Waals surface area contributed by atoms with Crippen LogP contribution in [-0.2, 0) is 17.6 Å². The Bertz CT molecular complexity index is 659. The van der Waals surface area contributed by atoms with Gasteiger partial charge < -0.3 is 5.32 Å². The molecule has 2 rings (SSSR count). The Kier molecular flexibility index (Phi) is 6.87. The highest BCUT2D eigenvalue weighted by molar-refractivity contribution is 6.42. The minimum absolute atomic E-state index is 0.00942. The molecule has 0 aromatic heterocycles. The van der Waals surface area contributed by atoms with E-state index in [-0.39, 0.29) is 11.7 Å². The van der Waals surface area contributed by atoms with Crippen molar-refractivity contribution in [2.45, 2.75) is 25.7 Å². The highest BCUT2D eigenvalue weighted by Crippen LogP contribution is 2.23. The summed E-state index contributed by atoms with van der Waals surface area (Å²) in [6.07, 6.45) is 2.67. The summed E-state index contributed by atoms with van der Waals surface area (Å²) in [5.41, 5.74) is 2.05. The van der Waals surface area contributed by atoms with Crippen LogP contribution >= 0.6 is 23.2 Å². The predicted octanol–water partition coefficient (Wildman–Crippen LogP) is 4.81. The van der Waals surface area contributed by atoms with Gasteiger partial charge in [0.2, 0.25) is 5.91 Å². The highest BCUT2D eigenvalue weighted by atomic mass is 35.5. The van der Waals surface area contributed by atoms with Crippen molar-refractivity contribution in [3.63, 3.8) is 0 Å². The quantitative estimate of drug-likeness (QED) is 0.710. The molecule has 0 fully saturated rings. The van der Waals surface area contributed by atoms with Crippen molar-refractivity contribution in [2.75, 3.05) is 6.54 Å². The molecule has 2 aromatic carbocycles. The van der Waals surface area contributed by atoms with Crippen molar-refractivity contribution in [3.05, 3.63) is 69.5 Å². The van der Waals surface area contributed by atoms with Gasteiger partial charge in [-0.05, 0) is 54.7 Å². The summed E-state index contributed by atoms with van der Waals surface area (Å²) in [6, 6.07) is 11.8. The summed E-state index contributed by atoms with van der Waals surface area (Å²) >= 11 is 11.8. The number of hydrogen-bond acceptors (Lipinski definition) is 1. The van der Waals surface area contributed by atoms with E-state index in [1.54, 1.807) is 24.3 Å². The molecule has 2 nitrogen and oxygen atoms in total. The van der Waals surface area contributed by atoms with Crippen LogP contribution < -0.4 is 5.32 Å². The van der Waals surface area contributed by atoms with Crippen LogP contribution in [0, 0.1) is 5.82 Å². The average molecular weight is 354 g/mol. The van der Waals surface area contributed by atoms with Crippen molar-refractivity contribution >= 4 is 29.1 Å². The highest BCUT2D eigenvalue weighted by Gasteiger charge is 2.04. The Labute approximate surface area is 145 Å². The molecular weight excluding hydrogens is 336 g/mol. The summed E-state index contributed by atoms with van der Waals surface area (Å²) in [4.78, 5) is 11.8. The van der Waals surface area contributed by atoms with Crippen LogP contribution in [0.3, 0.4) is 0 Å². The van der Waals surface area contributed by atoms with Gasteiger partial charge in [-0.25, -0.2) is 4.39 Å². The van der Waals surface area contributed by atoms with E-state index in [9.17, 15) is 9.18 Å². The van der Waals surface area contributed by atoms with Gasteiger partial charge in [0.05, 0.1) is 10.0 Å². The van der Waals surface area contributed by atoms with Crippen molar-refractivity contribution in [1.82, 2.24) is 5.32 Å². The van der Waals surface area contributed by atoms with Gasteiger partial charge in [0.1, 0.15) is 5.82 Å². The smallest absolute Gasteiger partial charge is 0.220 e. The molecule has 0 radical (unpaired) electrons. The number of hydrogen-bond donors (Lipinski definition) is 1. The number of amides is 1. The van der Waals surface area contributed by atoms with Crippen LogP contribution in [0.25, 0.3) is 0 Å². The topological polar surface area (TPSA) is 29.1 Å². The summed E-state index contributed by atoms with van der Waals surface area (Å²) < 4.78 is 12.8. The summed E-state index contributed by atoms with van der Waals surface area (Å²) in [5, 5.41) is 3.91. The summed E-state index contributed by atoms with van der Waals surface area (Å²) in [5.74, 6) is -0.223. The van der Waals surface area contributed by atoms with Crippen LogP contribution in [0.1, 0.15) is 24.0 Å². The van der Waals surface area contributed by atoms with E-state index < -0.39 is 0 Å². The third-order valence-corrected chi connectivity index (χ3v) is 4.24. The number of nitrogens with one attached hydrogen (secondary N) is 1. The second-order valence-corrected chi connectivity index (χ2v) is 6.14. The van der Waals surface area contributed by atoms with Crippen molar-refractivity contribution in [1.29, 1.82) is 0 Å². The minimum Gasteiger partial charge on any atom is -0.356 e. The molecule has 0 spiro atoms. The van der Waals surface area contributed by atoms with Crippen molar-refractivity contribution in [2.24, 2.45) is 0 Å². The Balaban J connectivity index is 1.65. The fourth-order valence-corrected chi connectivity index (χ4v) is 2.53. The normalized spacial score (nSPS) is 10.6. The molecule has 0 aliphatic carbocycles. The fourth-order valence-electron chi connectivity index (χ4n) is 2.21. The molecule has 122 valence electrons. The summed E-state index contributed by atoms with van der Waals surface area (Å²) in [7, 11) is 0. The zero-order valence-corrected chi connectivity index (χ0v) is 14.1. The van der Waals surface area contributed by atoms with E-state index in [2.05, 4.69) is 5.32 Å². The van der Waals surface area contributed by atoms with Gasteiger partial charge in [-0.1, -0.05) is 41.4 Å². The van der Waals surface area contributed by atoms with E-state index in [1.807, 2.05) is 6.07 Å². The average Bonchev–Trinajstić information content (AvgIpc) is 2.54. The Morgan fingerprint density at radius 3 is 2.35 bits per heavy atom. The van der Waals surface area contributed by atoms with Gasteiger partial charge in [0, 0.05) is 13.0 Å². The monoisotopic (exact) mass is 353 g/mol. The molecule has 0 aliphatic rings. The molecule has 1 amide bonds. The van der Waals surface area contributed by atoms with Crippen LogP contribution in [-0.4, -0.2) is 12.5 Å². The van der Waals surface area contributed by atoms with Gasteiger partial charge in [-0.3, -0.25) is 4.79 Å². The lowest BCUT2D eigenvalue weighted by Crippen LogP contribution is -2.24. The number of carbonyl (C=O) groups is 1.